The van der Waals surface area contributed by atoms with Crippen molar-refractivity contribution in [3.8, 4) is 11.1 Å². The molecule has 3 heteroatoms. The van der Waals surface area contributed by atoms with E-state index in [4.69, 9.17) is 0 Å². The minimum absolute atomic E-state index is 0.305. The predicted octanol–water partition coefficient (Wildman–Crippen LogP) is 4.03. The molecule has 0 amide bonds. The summed E-state index contributed by atoms with van der Waals surface area (Å²) in [6.45, 7) is 3.22. The van der Waals surface area contributed by atoms with Gasteiger partial charge in [-0.1, -0.05) is 42.0 Å². The van der Waals surface area contributed by atoms with Crippen molar-refractivity contribution in [2.75, 3.05) is 13.6 Å². The zero-order valence-electron chi connectivity index (χ0n) is 14.1. The van der Waals surface area contributed by atoms with Crippen molar-refractivity contribution in [1.29, 1.82) is 0 Å². The molecule has 0 saturated carbocycles. The third-order valence-electron chi connectivity index (χ3n) is 4.90. The van der Waals surface area contributed by atoms with E-state index in [2.05, 4.69) is 71.3 Å². The molecule has 3 aromatic rings. The SMILES string of the molecule is Cc1ccc(C2c3cc(-c4cncnc4)ccc3CCN2C)cc1. The van der Waals surface area contributed by atoms with Crippen LogP contribution >= 0.6 is 0 Å². The lowest BCUT2D eigenvalue weighted by Gasteiger charge is -2.35. The smallest absolute Gasteiger partial charge is 0.115 e. The molecule has 2 aromatic carbocycles. The number of aryl methyl sites for hydroxylation is 1. The number of rotatable bonds is 2. The molecule has 1 unspecified atom stereocenters. The van der Waals surface area contributed by atoms with Crippen molar-refractivity contribution in [2.24, 2.45) is 0 Å². The van der Waals surface area contributed by atoms with Crippen LogP contribution in [0.2, 0.25) is 0 Å². The van der Waals surface area contributed by atoms with Crippen LogP contribution in [0.3, 0.4) is 0 Å². The normalized spacial score (nSPS) is 17.5. The first-order chi connectivity index (χ1) is 11.7. The molecule has 0 radical (unpaired) electrons. The van der Waals surface area contributed by atoms with Gasteiger partial charge in [0, 0.05) is 24.5 Å². The number of hydrogen-bond acceptors (Lipinski definition) is 3. The van der Waals surface area contributed by atoms with E-state index in [9.17, 15) is 0 Å². The average molecular weight is 315 g/mol. The lowest BCUT2D eigenvalue weighted by atomic mass is 9.86. The van der Waals surface area contributed by atoms with Gasteiger partial charge in [-0.3, -0.25) is 4.90 Å². The first-order valence-corrected chi connectivity index (χ1v) is 8.37. The first kappa shape index (κ1) is 15.0. The van der Waals surface area contributed by atoms with Crippen molar-refractivity contribution in [2.45, 2.75) is 19.4 Å². The van der Waals surface area contributed by atoms with Gasteiger partial charge in [0.15, 0.2) is 0 Å². The van der Waals surface area contributed by atoms with Gasteiger partial charge in [-0.05, 0) is 48.7 Å². The lowest BCUT2D eigenvalue weighted by molar-refractivity contribution is 0.265. The van der Waals surface area contributed by atoms with Gasteiger partial charge in [0.1, 0.15) is 6.33 Å². The largest absolute Gasteiger partial charge is 0.295 e. The van der Waals surface area contributed by atoms with E-state index in [0.717, 1.165) is 18.5 Å². The molecule has 0 N–H and O–H groups in total. The molecule has 1 aromatic heterocycles. The zero-order valence-corrected chi connectivity index (χ0v) is 14.1. The Balaban J connectivity index is 1.82. The highest BCUT2D eigenvalue weighted by Crippen LogP contribution is 2.36. The molecule has 0 bridgehead atoms. The summed E-state index contributed by atoms with van der Waals surface area (Å²) >= 11 is 0. The number of likely N-dealkylation sites (N-methyl/N-ethyl adjacent to an activating group) is 1. The van der Waals surface area contributed by atoms with Crippen LogP contribution in [-0.2, 0) is 6.42 Å². The van der Waals surface area contributed by atoms with E-state index >= 15 is 0 Å². The van der Waals surface area contributed by atoms with Crippen molar-refractivity contribution in [1.82, 2.24) is 14.9 Å². The Kier molecular flexibility index (Phi) is 3.87. The average Bonchev–Trinajstić information content (AvgIpc) is 2.63. The highest BCUT2D eigenvalue weighted by Gasteiger charge is 2.26. The Labute approximate surface area is 143 Å². The van der Waals surface area contributed by atoms with Crippen LogP contribution in [0.25, 0.3) is 11.1 Å². The Morgan fingerprint density at radius 1 is 0.958 bits per heavy atom. The first-order valence-electron chi connectivity index (χ1n) is 8.37. The van der Waals surface area contributed by atoms with E-state index in [1.165, 1.54) is 27.8 Å². The van der Waals surface area contributed by atoms with Crippen molar-refractivity contribution < 1.29 is 0 Å². The van der Waals surface area contributed by atoms with E-state index in [-0.39, 0.29) is 0 Å². The molecule has 0 spiro atoms. The van der Waals surface area contributed by atoms with Crippen LogP contribution < -0.4 is 0 Å². The predicted molar refractivity (Wildman–Crippen MR) is 96.8 cm³/mol. The third-order valence-corrected chi connectivity index (χ3v) is 4.90. The van der Waals surface area contributed by atoms with Crippen LogP contribution in [0.1, 0.15) is 28.3 Å². The summed E-state index contributed by atoms with van der Waals surface area (Å²) in [5, 5.41) is 0. The summed E-state index contributed by atoms with van der Waals surface area (Å²) in [5.41, 5.74) is 7.74. The third kappa shape index (κ3) is 2.72. The summed E-state index contributed by atoms with van der Waals surface area (Å²) < 4.78 is 0. The maximum atomic E-state index is 4.15. The second-order valence-electron chi connectivity index (χ2n) is 6.58. The number of hydrogen-bond donors (Lipinski definition) is 0. The maximum Gasteiger partial charge on any atom is 0.115 e. The molecule has 3 nitrogen and oxygen atoms in total. The molecule has 120 valence electrons. The van der Waals surface area contributed by atoms with Gasteiger partial charge in [0.25, 0.3) is 0 Å². The molecular formula is C21H21N3. The Morgan fingerprint density at radius 3 is 2.46 bits per heavy atom. The van der Waals surface area contributed by atoms with Crippen molar-refractivity contribution in [3.05, 3.63) is 83.4 Å². The zero-order chi connectivity index (χ0) is 16.5. The number of benzene rings is 2. The molecule has 0 fully saturated rings. The molecule has 1 atom stereocenters. The van der Waals surface area contributed by atoms with E-state index in [1.807, 2.05) is 12.4 Å². The van der Waals surface area contributed by atoms with Crippen LogP contribution in [0.15, 0.2) is 61.2 Å². The molecule has 1 aliphatic heterocycles. The van der Waals surface area contributed by atoms with Gasteiger partial charge < -0.3 is 0 Å². The standard InChI is InChI=1S/C21H21N3/c1-15-3-5-17(6-4-15)21-20-11-18(19-12-22-14-23-13-19)8-7-16(20)9-10-24(21)2/h3-8,11-14,21H,9-10H2,1-2H3. The molecule has 0 saturated heterocycles. The maximum absolute atomic E-state index is 4.15. The number of fused-ring (bicyclic) bond motifs is 1. The topological polar surface area (TPSA) is 29.0 Å². The minimum Gasteiger partial charge on any atom is -0.295 e. The van der Waals surface area contributed by atoms with Crippen LogP contribution in [0, 0.1) is 6.92 Å². The fourth-order valence-corrected chi connectivity index (χ4v) is 3.55. The fraction of sp³-hybridized carbons (Fsp3) is 0.238. The Morgan fingerprint density at radius 2 is 1.71 bits per heavy atom. The molecule has 0 aliphatic carbocycles. The van der Waals surface area contributed by atoms with E-state index in [0.29, 0.717) is 6.04 Å². The van der Waals surface area contributed by atoms with Crippen LogP contribution in [0.5, 0.6) is 0 Å². The van der Waals surface area contributed by atoms with Gasteiger partial charge >= 0.3 is 0 Å². The summed E-state index contributed by atoms with van der Waals surface area (Å²) in [6.07, 6.45) is 6.43. The lowest BCUT2D eigenvalue weighted by Crippen LogP contribution is -2.32. The Bertz CT molecular complexity index is 841. The minimum atomic E-state index is 0.305. The monoisotopic (exact) mass is 315 g/mol. The molecule has 24 heavy (non-hydrogen) atoms. The van der Waals surface area contributed by atoms with Crippen LogP contribution in [-0.4, -0.2) is 28.5 Å². The number of aromatic nitrogens is 2. The van der Waals surface area contributed by atoms with Gasteiger partial charge in [-0.15, -0.1) is 0 Å². The van der Waals surface area contributed by atoms with Gasteiger partial charge in [-0.25, -0.2) is 9.97 Å². The Hall–Kier alpha value is -2.52. The van der Waals surface area contributed by atoms with Crippen molar-refractivity contribution in [3.63, 3.8) is 0 Å². The molecule has 2 heterocycles. The van der Waals surface area contributed by atoms with Gasteiger partial charge in [0.05, 0.1) is 6.04 Å². The second-order valence-corrected chi connectivity index (χ2v) is 6.58. The molecule has 4 rings (SSSR count). The van der Waals surface area contributed by atoms with Crippen molar-refractivity contribution >= 4 is 0 Å². The molecule has 1 aliphatic rings. The summed E-state index contributed by atoms with van der Waals surface area (Å²) in [5.74, 6) is 0. The van der Waals surface area contributed by atoms with Gasteiger partial charge in [-0.2, -0.15) is 0 Å². The van der Waals surface area contributed by atoms with E-state index in [1.54, 1.807) is 6.33 Å². The van der Waals surface area contributed by atoms with Crippen LogP contribution in [0.4, 0.5) is 0 Å². The number of nitrogens with zero attached hydrogens (tertiary/aromatic N) is 3. The van der Waals surface area contributed by atoms with E-state index < -0.39 is 0 Å². The van der Waals surface area contributed by atoms with Gasteiger partial charge in [0.2, 0.25) is 0 Å². The second kappa shape index (κ2) is 6.17. The summed E-state index contributed by atoms with van der Waals surface area (Å²) in [6, 6.07) is 16.0. The molecular weight excluding hydrogens is 294 g/mol. The summed E-state index contributed by atoms with van der Waals surface area (Å²) in [7, 11) is 2.21. The fourth-order valence-electron chi connectivity index (χ4n) is 3.55. The summed E-state index contributed by atoms with van der Waals surface area (Å²) in [4.78, 5) is 10.7. The quantitative estimate of drug-likeness (QED) is 0.715. The highest BCUT2D eigenvalue weighted by molar-refractivity contribution is 5.64. The highest BCUT2D eigenvalue weighted by atomic mass is 15.1.